The number of carbonyl (C=O) groups is 2. The van der Waals surface area contributed by atoms with E-state index in [0.29, 0.717) is 30.9 Å². The van der Waals surface area contributed by atoms with Gasteiger partial charge in [0.05, 0.1) is 5.56 Å². The molecule has 27 heavy (non-hydrogen) atoms. The number of hydrogen-bond acceptors (Lipinski definition) is 3. The Kier molecular flexibility index (Phi) is 6.47. The average Bonchev–Trinajstić information content (AvgIpc) is 3.21. The van der Waals surface area contributed by atoms with E-state index in [2.05, 4.69) is 11.4 Å². The van der Waals surface area contributed by atoms with Crippen LogP contribution in [0.4, 0.5) is 0 Å². The molecule has 0 unspecified atom stereocenters. The summed E-state index contributed by atoms with van der Waals surface area (Å²) >= 11 is 0. The molecule has 5 nitrogen and oxygen atoms in total. The van der Waals surface area contributed by atoms with Gasteiger partial charge in [-0.25, -0.2) is 0 Å². The summed E-state index contributed by atoms with van der Waals surface area (Å²) in [4.78, 5) is 26.5. The molecule has 0 spiro atoms. The van der Waals surface area contributed by atoms with Crippen LogP contribution in [0.2, 0.25) is 0 Å². The Morgan fingerprint density at radius 2 is 1.85 bits per heavy atom. The number of ether oxygens (including phenoxy) is 1. The SMILES string of the molecule is Cc1cccc(COc2ccccc2C(=O)NCCC(=O)N2CCCC2)c1. The molecule has 1 saturated heterocycles. The standard InChI is InChI=1S/C22H26N2O3/c1-17-7-6-8-18(15-17)16-27-20-10-3-2-9-19(20)22(26)23-12-11-21(25)24-13-4-5-14-24/h2-3,6-10,15H,4-5,11-14,16H2,1H3,(H,23,26). The predicted molar refractivity (Wildman–Crippen MR) is 105 cm³/mol. The van der Waals surface area contributed by atoms with Gasteiger partial charge in [0.25, 0.3) is 5.91 Å². The van der Waals surface area contributed by atoms with Crippen LogP contribution in [0.15, 0.2) is 48.5 Å². The first-order chi connectivity index (χ1) is 13.1. The molecule has 2 aromatic rings. The zero-order valence-electron chi connectivity index (χ0n) is 15.7. The zero-order chi connectivity index (χ0) is 19.1. The van der Waals surface area contributed by atoms with Gasteiger partial charge < -0.3 is 15.0 Å². The van der Waals surface area contributed by atoms with Gasteiger partial charge in [-0.1, -0.05) is 42.0 Å². The molecule has 142 valence electrons. The Labute approximate surface area is 160 Å². The fourth-order valence-electron chi connectivity index (χ4n) is 3.25. The summed E-state index contributed by atoms with van der Waals surface area (Å²) in [6.45, 7) is 4.44. The zero-order valence-corrected chi connectivity index (χ0v) is 15.7. The second-order valence-electron chi connectivity index (χ2n) is 6.87. The predicted octanol–water partition coefficient (Wildman–Crippen LogP) is 3.32. The van der Waals surface area contributed by atoms with Crippen LogP contribution in [0.5, 0.6) is 5.75 Å². The molecule has 1 aliphatic rings. The summed E-state index contributed by atoms with van der Waals surface area (Å²) < 4.78 is 5.87. The molecule has 2 aromatic carbocycles. The maximum Gasteiger partial charge on any atom is 0.255 e. The van der Waals surface area contributed by atoms with E-state index in [1.807, 2.05) is 42.2 Å². The van der Waals surface area contributed by atoms with Crippen LogP contribution in [-0.4, -0.2) is 36.3 Å². The van der Waals surface area contributed by atoms with E-state index in [4.69, 9.17) is 4.74 Å². The number of hydrogen-bond donors (Lipinski definition) is 1. The average molecular weight is 366 g/mol. The molecule has 1 aliphatic heterocycles. The Morgan fingerprint density at radius 3 is 2.63 bits per heavy atom. The minimum atomic E-state index is -0.218. The van der Waals surface area contributed by atoms with Crippen LogP contribution < -0.4 is 10.1 Å². The van der Waals surface area contributed by atoms with Crippen LogP contribution >= 0.6 is 0 Å². The monoisotopic (exact) mass is 366 g/mol. The molecule has 0 atom stereocenters. The quantitative estimate of drug-likeness (QED) is 0.818. The van der Waals surface area contributed by atoms with Gasteiger partial charge in [0.1, 0.15) is 12.4 Å². The van der Waals surface area contributed by atoms with Crippen molar-refractivity contribution >= 4 is 11.8 Å². The Balaban J connectivity index is 1.54. The van der Waals surface area contributed by atoms with E-state index in [9.17, 15) is 9.59 Å². The lowest BCUT2D eigenvalue weighted by molar-refractivity contribution is -0.129. The van der Waals surface area contributed by atoms with E-state index in [-0.39, 0.29) is 11.8 Å². The summed E-state index contributed by atoms with van der Waals surface area (Å²) in [5.74, 6) is 0.434. The summed E-state index contributed by atoms with van der Waals surface area (Å²) in [5, 5.41) is 2.83. The van der Waals surface area contributed by atoms with E-state index >= 15 is 0 Å². The molecule has 0 aliphatic carbocycles. The third kappa shape index (κ3) is 5.33. The summed E-state index contributed by atoms with van der Waals surface area (Å²) in [6, 6.07) is 15.3. The number of rotatable bonds is 7. The Bertz CT molecular complexity index is 798. The maximum absolute atomic E-state index is 12.5. The maximum atomic E-state index is 12.5. The van der Waals surface area contributed by atoms with Crippen molar-refractivity contribution in [3.63, 3.8) is 0 Å². The van der Waals surface area contributed by atoms with Gasteiger partial charge in [0.2, 0.25) is 5.91 Å². The van der Waals surface area contributed by atoms with Gasteiger partial charge in [0.15, 0.2) is 0 Å². The third-order valence-electron chi connectivity index (χ3n) is 4.69. The van der Waals surface area contributed by atoms with Crippen molar-refractivity contribution in [2.45, 2.75) is 32.8 Å². The number of benzene rings is 2. The van der Waals surface area contributed by atoms with Gasteiger partial charge >= 0.3 is 0 Å². The topological polar surface area (TPSA) is 58.6 Å². The molecule has 0 bridgehead atoms. The highest BCUT2D eigenvalue weighted by Gasteiger charge is 2.18. The molecular formula is C22H26N2O3. The van der Waals surface area contributed by atoms with Crippen LogP contribution in [0.25, 0.3) is 0 Å². The molecule has 1 N–H and O–H groups in total. The molecule has 1 heterocycles. The molecule has 0 saturated carbocycles. The molecule has 0 radical (unpaired) electrons. The molecule has 5 heteroatoms. The highest BCUT2D eigenvalue weighted by Crippen LogP contribution is 2.19. The van der Waals surface area contributed by atoms with E-state index in [1.165, 1.54) is 5.56 Å². The van der Waals surface area contributed by atoms with Crippen LogP contribution in [0, 0.1) is 6.92 Å². The number of amides is 2. The smallest absolute Gasteiger partial charge is 0.255 e. The fourth-order valence-corrected chi connectivity index (χ4v) is 3.25. The lowest BCUT2D eigenvalue weighted by Crippen LogP contribution is -2.32. The first-order valence-electron chi connectivity index (χ1n) is 9.47. The highest BCUT2D eigenvalue weighted by atomic mass is 16.5. The van der Waals surface area contributed by atoms with Crippen molar-refractivity contribution in [3.05, 3.63) is 65.2 Å². The molecule has 2 amide bonds. The Hall–Kier alpha value is -2.82. The lowest BCUT2D eigenvalue weighted by Gasteiger charge is -2.15. The van der Waals surface area contributed by atoms with Crippen LogP contribution in [0.1, 0.15) is 40.7 Å². The number of likely N-dealkylation sites (tertiary alicyclic amines) is 1. The second kappa shape index (κ2) is 9.21. The molecule has 3 rings (SSSR count). The summed E-state index contributed by atoms with van der Waals surface area (Å²) in [6.07, 6.45) is 2.48. The van der Waals surface area contributed by atoms with Crippen molar-refractivity contribution in [3.8, 4) is 5.75 Å². The van der Waals surface area contributed by atoms with Gasteiger partial charge in [-0.2, -0.15) is 0 Å². The number of nitrogens with zero attached hydrogens (tertiary/aromatic N) is 1. The van der Waals surface area contributed by atoms with Crippen molar-refractivity contribution in [1.29, 1.82) is 0 Å². The fraction of sp³-hybridized carbons (Fsp3) is 0.364. The second-order valence-corrected chi connectivity index (χ2v) is 6.87. The number of carbonyl (C=O) groups excluding carboxylic acids is 2. The first-order valence-corrected chi connectivity index (χ1v) is 9.47. The first kappa shape index (κ1) is 19.0. The van der Waals surface area contributed by atoms with Crippen molar-refractivity contribution in [2.75, 3.05) is 19.6 Å². The van der Waals surface area contributed by atoms with Crippen LogP contribution in [-0.2, 0) is 11.4 Å². The van der Waals surface area contributed by atoms with Crippen molar-refractivity contribution in [2.24, 2.45) is 0 Å². The van der Waals surface area contributed by atoms with E-state index < -0.39 is 0 Å². The van der Waals surface area contributed by atoms with Gasteiger partial charge in [-0.3, -0.25) is 9.59 Å². The largest absolute Gasteiger partial charge is 0.488 e. The molecule has 1 fully saturated rings. The number of para-hydroxylation sites is 1. The lowest BCUT2D eigenvalue weighted by atomic mass is 10.1. The normalized spacial score (nSPS) is 13.4. The molecular weight excluding hydrogens is 340 g/mol. The van der Waals surface area contributed by atoms with Gasteiger partial charge in [0, 0.05) is 26.1 Å². The number of aryl methyl sites for hydroxylation is 1. The van der Waals surface area contributed by atoms with Crippen molar-refractivity contribution < 1.29 is 14.3 Å². The summed E-state index contributed by atoms with van der Waals surface area (Å²) in [5.41, 5.74) is 2.71. The Morgan fingerprint density at radius 1 is 1.07 bits per heavy atom. The molecule has 0 aromatic heterocycles. The van der Waals surface area contributed by atoms with Crippen molar-refractivity contribution in [1.82, 2.24) is 10.2 Å². The minimum absolute atomic E-state index is 0.108. The summed E-state index contributed by atoms with van der Waals surface area (Å²) in [7, 11) is 0. The highest BCUT2D eigenvalue weighted by molar-refractivity contribution is 5.97. The van der Waals surface area contributed by atoms with Gasteiger partial charge in [-0.05, 0) is 37.5 Å². The van der Waals surface area contributed by atoms with E-state index in [0.717, 1.165) is 31.5 Å². The van der Waals surface area contributed by atoms with E-state index in [1.54, 1.807) is 12.1 Å². The third-order valence-corrected chi connectivity index (χ3v) is 4.69. The van der Waals surface area contributed by atoms with Gasteiger partial charge in [-0.15, -0.1) is 0 Å². The van der Waals surface area contributed by atoms with Crippen LogP contribution in [0.3, 0.4) is 0 Å². The number of nitrogens with one attached hydrogen (secondary N) is 1. The minimum Gasteiger partial charge on any atom is -0.488 e.